The van der Waals surface area contributed by atoms with Gasteiger partial charge < -0.3 is 4.90 Å². The SMILES string of the molecule is CC1=Nc2c(sc3nccc(N(C)C)c23)C(=O)CN1NC(=O)C1CC1. The Kier molecular flexibility index (Phi) is 3.72. The molecule has 1 saturated carbocycles. The number of carbonyl (C=O) groups excluding carboxylic acids is 2. The van der Waals surface area contributed by atoms with Gasteiger partial charge in [0.25, 0.3) is 0 Å². The third-order valence-electron chi connectivity index (χ3n) is 4.44. The number of hydrogen-bond donors (Lipinski definition) is 1. The first-order valence-electron chi connectivity index (χ1n) is 8.21. The number of ketones is 1. The Morgan fingerprint density at radius 1 is 1.40 bits per heavy atom. The van der Waals surface area contributed by atoms with Crippen molar-refractivity contribution in [2.45, 2.75) is 19.8 Å². The summed E-state index contributed by atoms with van der Waals surface area (Å²) in [5.74, 6) is 0.590. The number of thiophene rings is 1. The maximum Gasteiger partial charge on any atom is 0.241 e. The summed E-state index contributed by atoms with van der Waals surface area (Å²) in [5, 5.41) is 2.45. The molecule has 0 bridgehead atoms. The van der Waals surface area contributed by atoms with Crippen LogP contribution in [-0.4, -0.2) is 48.2 Å². The van der Waals surface area contributed by atoms with Gasteiger partial charge in [-0.1, -0.05) is 0 Å². The summed E-state index contributed by atoms with van der Waals surface area (Å²) < 4.78 is 0. The highest BCUT2D eigenvalue weighted by atomic mass is 32.1. The smallest absolute Gasteiger partial charge is 0.241 e. The Hall–Kier alpha value is -2.48. The molecule has 0 saturated heterocycles. The van der Waals surface area contributed by atoms with E-state index in [-0.39, 0.29) is 24.2 Å². The van der Waals surface area contributed by atoms with Gasteiger partial charge in [-0.05, 0) is 25.8 Å². The number of carbonyl (C=O) groups is 2. The third-order valence-corrected chi connectivity index (χ3v) is 5.57. The topological polar surface area (TPSA) is 77.9 Å². The van der Waals surface area contributed by atoms with E-state index in [1.54, 1.807) is 11.2 Å². The first-order chi connectivity index (χ1) is 12.0. The fraction of sp³-hybridized carbons (Fsp3) is 0.412. The largest absolute Gasteiger partial charge is 0.377 e. The molecule has 130 valence electrons. The molecule has 8 heteroatoms. The van der Waals surface area contributed by atoms with Gasteiger partial charge in [0.1, 0.15) is 22.1 Å². The van der Waals surface area contributed by atoms with Gasteiger partial charge in [-0.25, -0.2) is 9.98 Å². The number of rotatable bonds is 3. The number of amides is 1. The lowest BCUT2D eigenvalue weighted by atomic mass is 10.2. The Balaban J connectivity index is 1.80. The number of nitrogens with one attached hydrogen (secondary N) is 1. The summed E-state index contributed by atoms with van der Waals surface area (Å²) >= 11 is 1.36. The van der Waals surface area contributed by atoms with E-state index in [0.717, 1.165) is 28.7 Å². The monoisotopic (exact) mass is 357 g/mol. The maximum atomic E-state index is 12.8. The number of fused-ring (bicyclic) bond motifs is 3. The van der Waals surface area contributed by atoms with Crippen molar-refractivity contribution >= 4 is 50.5 Å². The lowest BCUT2D eigenvalue weighted by Crippen LogP contribution is -2.47. The van der Waals surface area contributed by atoms with Crippen LogP contribution in [0.3, 0.4) is 0 Å². The van der Waals surface area contributed by atoms with Crippen LogP contribution in [0.15, 0.2) is 17.3 Å². The predicted molar refractivity (Wildman–Crippen MR) is 98.6 cm³/mol. The number of hydrazine groups is 1. The summed E-state index contributed by atoms with van der Waals surface area (Å²) in [5.41, 5.74) is 4.46. The van der Waals surface area contributed by atoms with Crippen LogP contribution in [0.5, 0.6) is 0 Å². The van der Waals surface area contributed by atoms with Gasteiger partial charge in [-0.15, -0.1) is 11.3 Å². The minimum Gasteiger partial charge on any atom is -0.377 e. The molecule has 0 unspecified atom stereocenters. The predicted octanol–water partition coefficient (Wildman–Crippen LogP) is 2.35. The van der Waals surface area contributed by atoms with Crippen LogP contribution in [0, 0.1) is 5.92 Å². The van der Waals surface area contributed by atoms with Crippen LogP contribution in [0.2, 0.25) is 0 Å². The number of pyridine rings is 1. The van der Waals surface area contributed by atoms with Crippen molar-refractivity contribution in [1.82, 2.24) is 15.4 Å². The third kappa shape index (κ3) is 2.76. The number of aromatic nitrogens is 1. The molecule has 1 aliphatic carbocycles. The van der Waals surface area contributed by atoms with Crippen LogP contribution in [0.1, 0.15) is 29.4 Å². The lowest BCUT2D eigenvalue weighted by molar-refractivity contribution is -0.125. The van der Waals surface area contributed by atoms with Crippen LogP contribution >= 0.6 is 11.3 Å². The Bertz CT molecular complexity index is 913. The second-order valence-corrected chi connectivity index (χ2v) is 7.60. The highest BCUT2D eigenvalue weighted by molar-refractivity contribution is 7.21. The molecule has 3 heterocycles. The van der Waals surface area contributed by atoms with E-state index in [1.807, 2.05) is 32.0 Å². The van der Waals surface area contributed by atoms with Crippen LogP contribution in [0.4, 0.5) is 11.4 Å². The second kappa shape index (κ2) is 5.80. The zero-order valence-corrected chi connectivity index (χ0v) is 15.2. The van der Waals surface area contributed by atoms with E-state index in [0.29, 0.717) is 16.4 Å². The zero-order chi connectivity index (χ0) is 17.7. The number of anilines is 1. The molecule has 0 aromatic carbocycles. The highest BCUT2D eigenvalue weighted by Gasteiger charge is 2.33. The second-order valence-electron chi connectivity index (χ2n) is 6.60. The summed E-state index contributed by atoms with van der Waals surface area (Å²) in [6, 6.07) is 1.92. The van der Waals surface area contributed by atoms with Gasteiger partial charge in [0.15, 0.2) is 5.78 Å². The first-order valence-corrected chi connectivity index (χ1v) is 9.02. The molecule has 1 amide bonds. The summed E-state index contributed by atoms with van der Waals surface area (Å²) in [6.07, 6.45) is 3.58. The molecule has 1 fully saturated rings. The molecule has 2 aromatic rings. The van der Waals surface area contributed by atoms with Crippen molar-refractivity contribution in [3.63, 3.8) is 0 Å². The van der Waals surface area contributed by atoms with Crippen molar-refractivity contribution in [2.24, 2.45) is 10.9 Å². The number of aliphatic imine (C=N–C) groups is 1. The van der Waals surface area contributed by atoms with Crippen molar-refractivity contribution in [2.75, 3.05) is 25.5 Å². The molecular formula is C17H19N5O2S. The number of nitrogens with zero attached hydrogens (tertiary/aromatic N) is 4. The van der Waals surface area contributed by atoms with E-state index in [9.17, 15) is 9.59 Å². The number of Topliss-reactive ketones (excluding diaryl/α,β-unsaturated/α-hetero) is 1. The highest BCUT2D eigenvalue weighted by Crippen LogP contribution is 2.43. The van der Waals surface area contributed by atoms with Crippen molar-refractivity contribution < 1.29 is 9.59 Å². The van der Waals surface area contributed by atoms with Crippen LogP contribution in [0.25, 0.3) is 10.2 Å². The van der Waals surface area contributed by atoms with Crippen molar-refractivity contribution in [3.8, 4) is 0 Å². The zero-order valence-electron chi connectivity index (χ0n) is 14.4. The summed E-state index contributed by atoms with van der Waals surface area (Å²) in [4.78, 5) is 37.3. The maximum absolute atomic E-state index is 12.8. The lowest BCUT2D eigenvalue weighted by Gasteiger charge is -2.22. The quantitative estimate of drug-likeness (QED) is 0.912. The van der Waals surface area contributed by atoms with Gasteiger partial charge in [-0.3, -0.25) is 20.0 Å². The van der Waals surface area contributed by atoms with Crippen molar-refractivity contribution in [3.05, 3.63) is 17.1 Å². The molecule has 0 atom stereocenters. The fourth-order valence-electron chi connectivity index (χ4n) is 2.90. The molecule has 0 radical (unpaired) electrons. The van der Waals surface area contributed by atoms with Gasteiger partial charge >= 0.3 is 0 Å². The molecule has 1 aliphatic heterocycles. The summed E-state index contributed by atoms with van der Waals surface area (Å²) in [7, 11) is 3.91. The van der Waals surface area contributed by atoms with E-state index < -0.39 is 0 Å². The molecule has 4 rings (SSSR count). The molecule has 1 N–H and O–H groups in total. The van der Waals surface area contributed by atoms with E-state index in [1.165, 1.54) is 11.3 Å². The van der Waals surface area contributed by atoms with E-state index >= 15 is 0 Å². The van der Waals surface area contributed by atoms with E-state index in [4.69, 9.17) is 0 Å². The molecular weight excluding hydrogens is 338 g/mol. The average molecular weight is 357 g/mol. The number of hydrogen-bond acceptors (Lipinski definition) is 7. The van der Waals surface area contributed by atoms with Gasteiger partial charge in [0, 0.05) is 26.2 Å². The minimum atomic E-state index is -0.0561. The number of amidine groups is 1. The van der Waals surface area contributed by atoms with Gasteiger partial charge in [-0.2, -0.15) is 0 Å². The first kappa shape index (κ1) is 16.0. The van der Waals surface area contributed by atoms with Crippen molar-refractivity contribution in [1.29, 1.82) is 0 Å². The Morgan fingerprint density at radius 2 is 2.16 bits per heavy atom. The minimum absolute atomic E-state index is 0.0342. The van der Waals surface area contributed by atoms with Gasteiger partial charge in [0.05, 0.1) is 16.8 Å². The normalized spacial score (nSPS) is 17.2. The fourth-order valence-corrected chi connectivity index (χ4v) is 3.94. The van der Waals surface area contributed by atoms with Crippen LogP contribution in [-0.2, 0) is 4.79 Å². The molecule has 2 aromatic heterocycles. The molecule has 7 nitrogen and oxygen atoms in total. The Morgan fingerprint density at radius 3 is 2.84 bits per heavy atom. The molecule has 0 spiro atoms. The van der Waals surface area contributed by atoms with E-state index in [2.05, 4.69) is 15.4 Å². The molecule has 25 heavy (non-hydrogen) atoms. The Labute approximate surface area is 149 Å². The molecule has 2 aliphatic rings. The average Bonchev–Trinajstić information content (AvgIpc) is 3.37. The van der Waals surface area contributed by atoms with Crippen LogP contribution < -0.4 is 10.3 Å². The summed E-state index contributed by atoms with van der Waals surface area (Å²) in [6.45, 7) is 1.90. The standard InChI is InChI=1S/C17H19N5O2S/c1-9-19-14-13-11(21(2)3)6-7-18-17(13)25-15(14)12(23)8-22(9)20-16(24)10-4-5-10/h6-7,10H,4-5,8H2,1-3H3,(H,20,24). The van der Waals surface area contributed by atoms with Gasteiger partial charge in [0.2, 0.25) is 5.91 Å².